The van der Waals surface area contributed by atoms with Crippen LogP contribution in [-0.4, -0.2) is 13.6 Å². The van der Waals surface area contributed by atoms with Gasteiger partial charge in [-0.2, -0.15) is 0 Å². The summed E-state index contributed by atoms with van der Waals surface area (Å²) in [4.78, 5) is 1.98. The molecule has 0 saturated heterocycles. The van der Waals surface area contributed by atoms with Gasteiger partial charge in [-0.3, -0.25) is 0 Å². The first-order chi connectivity index (χ1) is 9.97. The predicted molar refractivity (Wildman–Crippen MR) is 90.4 cm³/mol. The topological polar surface area (TPSA) is 29.3 Å². The van der Waals surface area contributed by atoms with E-state index in [9.17, 15) is 4.39 Å². The second-order valence-corrected chi connectivity index (χ2v) is 6.29. The second kappa shape index (κ2) is 7.25. The zero-order chi connectivity index (χ0) is 15.4. The molecule has 2 N–H and O–H groups in total. The van der Waals surface area contributed by atoms with Crippen LogP contribution in [0.15, 0.2) is 46.9 Å². The third-order valence-electron chi connectivity index (χ3n) is 3.39. The molecule has 0 radical (unpaired) electrons. The van der Waals surface area contributed by atoms with Crippen molar-refractivity contribution in [3.05, 3.63) is 63.3 Å². The summed E-state index contributed by atoms with van der Waals surface area (Å²) in [5, 5.41) is 0.658. The molecule has 2 aromatic carbocycles. The summed E-state index contributed by atoms with van der Waals surface area (Å²) in [5.74, 6) is -0.236. The molecule has 0 bridgehead atoms. The highest BCUT2D eigenvalue weighted by atomic mass is 79.9. The third-order valence-corrected chi connectivity index (χ3v) is 4.21. The molecule has 21 heavy (non-hydrogen) atoms. The van der Waals surface area contributed by atoms with E-state index in [1.807, 2.05) is 36.2 Å². The summed E-state index contributed by atoms with van der Waals surface area (Å²) < 4.78 is 14.1. The van der Waals surface area contributed by atoms with Gasteiger partial charge >= 0.3 is 0 Å². The maximum atomic E-state index is 13.2. The Kier molecular flexibility index (Phi) is 5.62. The molecule has 0 saturated carbocycles. The van der Waals surface area contributed by atoms with Crippen LogP contribution in [0.3, 0.4) is 0 Å². The largest absolute Gasteiger partial charge is 0.374 e. The summed E-state index contributed by atoms with van der Waals surface area (Å²) in [6.07, 6.45) is 0.731. The monoisotopic (exact) mass is 370 g/mol. The fraction of sp³-hybridized carbons (Fsp3) is 0.250. The molecule has 0 heterocycles. The maximum absolute atomic E-state index is 13.2. The zero-order valence-corrected chi connectivity index (χ0v) is 14.0. The van der Waals surface area contributed by atoms with Gasteiger partial charge in [-0.1, -0.05) is 39.7 Å². The molecule has 0 fully saturated rings. The van der Waals surface area contributed by atoms with Gasteiger partial charge in [0.25, 0.3) is 0 Å². The van der Waals surface area contributed by atoms with Crippen molar-refractivity contribution in [2.75, 3.05) is 18.5 Å². The van der Waals surface area contributed by atoms with Gasteiger partial charge < -0.3 is 10.6 Å². The van der Waals surface area contributed by atoms with Crippen molar-refractivity contribution < 1.29 is 4.39 Å². The Hall–Kier alpha value is -1.10. The number of hydrogen-bond donors (Lipinski definition) is 1. The molecule has 1 unspecified atom stereocenters. The number of hydrogen-bond acceptors (Lipinski definition) is 2. The zero-order valence-electron chi connectivity index (χ0n) is 11.7. The summed E-state index contributed by atoms with van der Waals surface area (Å²) >= 11 is 9.58. The molecule has 5 heteroatoms. The summed E-state index contributed by atoms with van der Waals surface area (Å²) in [6, 6.07) is 12.1. The molecular weight excluding hydrogens is 355 g/mol. The Morgan fingerprint density at radius 2 is 2.05 bits per heavy atom. The average Bonchev–Trinajstić information content (AvgIpc) is 2.44. The highest BCUT2D eigenvalue weighted by Gasteiger charge is 2.12. The molecular formula is C16H17BrClFN2. The highest BCUT2D eigenvalue weighted by Crippen LogP contribution is 2.27. The van der Waals surface area contributed by atoms with Crippen molar-refractivity contribution in [3.63, 3.8) is 0 Å². The Balaban J connectivity index is 1.99. The van der Waals surface area contributed by atoms with E-state index in [0.29, 0.717) is 5.02 Å². The van der Waals surface area contributed by atoms with E-state index in [1.54, 1.807) is 6.07 Å². The molecule has 0 aliphatic heterocycles. The molecule has 2 rings (SSSR count). The molecule has 0 aliphatic carbocycles. The first-order valence-corrected chi connectivity index (χ1v) is 7.81. The Morgan fingerprint density at radius 1 is 1.29 bits per heavy atom. The fourth-order valence-electron chi connectivity index (χ4n) is 2.13. The van der Waals surface area contributed by atoms with Gasteiger partial charge in [0.05, 0.1) is 0 Å². The smallest absolute Gasteiger partial charge is 0.125 e. The Bertz CT molecular complexity index is 621. The fourth-order valence-corrected chi connectivity index (χ4v) is 2.95. The minimum absolute atomic E-state index is 0.151. The molecule has 2 nitrogen and oxygen atoms in total. The first kappa shape index (κ1) is 16.3. The quantitative estimate of drug-likeness (QED) is 0.820. The van der Waals surface area contributed by atoms with E-state index in [0.717, 1.165) is 28.7 Å². The lowest BCUT2D eigenvalue weighted by Gasteiger charge is -2.22. The highest BCUT2D eigenvalue weighted by molar-refractivity contribution is 9.10. The predicted octanol–water partition coefficient (Wildman–Crippen LogP) is 4.77. The van der Waals surface area contributed by atoms with Crippen molar-refractivity contribution in [3.8, 4) is 0 Å². The van der Waals surface area contributed by atoms with E-state index in [1.165, 1.54) is 12.1 Å². The standard InChI is InChI=1S/C16H17BrClFN2/c1-21(13-4-2-3-12(19)10-13)8-7-16(20)14-6-5-11(17)9-15(14)18/h2-6,9-10,16H,7-8,20H2,1H3. The van der Waals surface area contributed by atoms with Crippen LogP contribution in [0.5, 0.6) is 0 Å². The van der Waals surface area contributed by atoms with Crippen molar-refractivity contribution in [1.82, 2.24) is 0 Å². The van der Waals surface area contributed by atoms with Gasteiger partial charge in [0, 0.05) is 34.8 Å². The third kappa shape index (κ3) is 4.43. The van der Waals surface area contributed by atoms with Crippen LogP contribution in [0.4, 0.5) is 10.1 Å². The van der Waals surface area contributed by atoms with E-state index in [2.05, 4.69) is 15.9 Å². The van der Waals surface area contributed by atoms with Crippen molar-refractivity contribution >= 4 is 33.2 Å². The van der Waals surface area contributed by atoms with Crippen molar-refractivity contribution in [2.24, 2.45) is 5.73 Å². The first-order valence-electron chi connectivity index (χ1n) is 6.64. The van der Waals surface area contributed by atoms with Crippen LogP contribution in [0, 0.1) is 5.82 Å². The van der Waals surface area contributed by atoms with E-state index >= 15 is 0 Å². The Morgan fingerprint density at radius 3 is 2.71 bits per heavy atom. The number of rotatable bonds is 5. The van der Waals surface area contributed by atoms with Crippen LogP contribution < -0.4 is 10.6 Å². The number of nitrogens with zero attached hydrogens (tertiary/aromatic N) is 1. The minimum Gasteiger partial charge on any atom is -0.374 e. The van der Waals surface area contributed by atoms with Crippen LogP contribution in [-0.2, 0) is 0 Å². The second-order valence-electron chi connectivity index (χ2n) is 4.96. The maximum Gasteiger partial charge on any atom is 0.125 e. The van der Waals surface area contributed by atoms with Gasteiger partial charge in [-0.15, -0.1) is 0 Å². The van der Waals surface area contributed by atoms with Gasteiger partial charge in [0.1, 0.15) is 5.82 Å². The van der Waals surface area contributed by atoms with Gasteiger partial charge in [-0.25, -0.2) is 4.39 Å². The average molecular weight is 372 g/mol. The number of nitrogens with two attached hydrogens (primary N) is 1. The van der Waals surface area contributed by atoms with Crippen LogP contribution >= 0.6 is 27.5 Å². The minimum atomic E-state index is -0.236. The van der Waals surface area contributed by atoms with Crippen molar-refractivity contribution in [1.29, 1.82) is 0 Å². The lowest BCUT2D eigenvalue weighted by atomic mass is 10.0. The number of anilines is 1. The molecule has 0 aliphatic rings. The molecule has 2 aromatic rings. The van der Waals surface area contributed by atoms with Gasteiger partial charge in [-0.05, 0) is 42.3 Å². The molecule has 0 spiro atoms. The van der Waals surface area contributed by atoms with Crippen LogP contribution in [0.1, 0.15) is 18.0 Å². The van der Waals surface area contributed by atoms with Gasteiger partial charge in [0.2, 0.25) is 0 Å². The normalized spacial score (nSPS) is 12.2. The van der Waals surface area contributed by atoms with E-state index in [-0.39, 0.29) is 11.9 Å². The van der Waals surface area contributed by atoms with Crippen LogP contribution in [0.2, 0.25) is 5.02 Å². The Labute approximate surface area is 137 Å². The molecule has 0 aromatic heterocycles. The number of benzene rings is 2. The lowest BCUT2D eigenvalue weighted by molar-refractivity contribution is 0.623. The molecule has 0 amide bonds. The summed E-state index contributed by atoms with van der Waals surface area (Å²) in [5.41, 5.74) is 7.96. The van der Waals surface area contributed by atoms with E-state index < -0.39 is 0 Å². The van der Waals surface area contributed by atoms with E-state index in [4.69, 9.17) is 17.3 Å². The molecule has 1 atom stereocenters. The van der Waals surface area contributed by atoms with Gasteiger partial charge in [0.15, 0.2) is 0 Å². The lowest BCUT2D eigenvalue weighted by Crippen LogP contribution is -2.23. The SMILES string of the molecule is CN(CCC(N)c1ccc(Br)cc1Cl)c1cccc(F)c1. The van der Waals surface area contributed by atoms with Crippen molar-refractivity contribution in [2.45, 2.75) is 12.5 Å². The molecule has 112 valence electrons. The summed E-state index contributed by atoms with van der Waals surface area (Å²) in [7, 11) is 1.92. The number of halogens is 3. The summed E-state index contributed by atoms with van der Waals surface area (Å²) in [6.45, 7) is 0.719. The van der Waals surface area contributed by atoms with Crippen LogP contribution in [0.25, 0.3) is 0 Å².